The van der Waals surface area contributed by atoms with Crippen molar-refractivity contribution in [1.82, 2.24) is 14.7 Å². The van der Waals surface area contributed by atoms with Crippen molar-refractivity contribution >= 4 is 36.6 Å². The van der Waals surface area contributed by atoms with Gasteiger partial charge in [-0.25, -0.2) is 0 Å². The van der Waals surface area contributed by atoms with Crippen molar-refractivity contribution < 1.29 is 9.59 Å². The van der Waals surface area contributed by atoms with Gasteiger partial charge < -0.3 is 15.5 Å². The minimum absolute atomic E-state index is 0. The van der Waals surface area contributed by atoms with Gasteiger partial charge in [0.1, 0.15) is 0 Å². The van der Waals surface area contributed by atoms with E-state index in [1.54, 1.807) is 0 Å². The molecule has 3 fully saturated rings. The highest BCUT2D eigenvalue weighted by atomic mass is 35.5. The van der Waals surface area contributed by atoms with Crippen LogP contribution in [0.2, 0.25) is 0 Å². The first-order valence-corrected chi connectivity index (χ1v) is 9.17. The van der Waals surface area contributed by atoms with Crippen LogP contribution in [0.3, 0.4) is 0 Å². The zero-order valence-electron chi connectivity index (χ0n) is 15.0. The second-order valence-corrected chi connectivity index (χ2v) is 7.37. The van der Waals surface area contributed by atoms with E-state index in [9.17, 15) is 9.59 Å². The molecule has 2 amide bonds. The number of amides is 2. The topological polar surface area (TPSA) is 69.9 Å². The van der Waals surface area contributed by atoms with E-state index in [-0.39, 0.29) is 36.6 Å². The number of carbonyl (C=O) groups excluding carboxylic acids is 2. The van der Waals surface area contributed by atoms with E-state index in [1.165, 1.54) is 6.42 Å². The Bertz CT molecular complexity index is 444. The zero-order valence-corrected chi connectivity index (χ0v) is 16.6. The number of nitrogens with two attached hydrogens (primary N) is 1. The summed E-state index contributed by atoms with van der Waals surface area (Å²) in [6, 6.07) is 0. The van der Waals surface area contributed by atoms with Crippen LogP contribution in [0.5, 0.6) is 0 Å². The molecule has 0 aromatic heterocycles. The molecule has 3 rings (SSSR count). The van der Waals surface area contributed by atoms with Crippen LogP contribution in [0, 0.1) is 0 Å². The summed E-state index contributed by atoms with van der Waals surface area (Å²) in [5.74, 6) is 0.368. The highest BCUT2D eigenvalue weighted by Gasteiger charge is 2.40. The van der Waals surface area contributed by atoms with Crippen molar-refractivity contribution in [2.24, 2.45) is 5.73 Å². The van der Waals surface area contributed by atoms with Crippen molar-refractivity contribution in [2.75, 3.05) is 45.8 Å². The van der Waals surface area contributed by atoms with Crippen LogP contribution in [0.1, 0.15) is 44.9 Å². The molecule has 0 radical (unpaired) electrons. The van der Waals surface area contributed by atoms with E-state index in [0.717, 1.165) is 64.7 Å². The molecule has 2 aliphatic heterocycles. The fraction of sp³-hybridized carbons (Fsp3) is 0.882. The summed E-state index contributed by atoms with van der Waals surface area (Å²) in [6.07, 6.45) is 7.27. The van der Waals surface area contributed by atoms with E-state index >= 15 is 0 Å². The summed E-state index contributed by atoms with van der Waals surface area (Å²) in [5.41, 5.74) is 5.66. The third-order valence-corrected chi connectivity index (χ3v) is 5.65. The standard InChI is InChI=1S/C17H30N4O2.2ClH/c18-17(6-2-3-7-17)16(23)21-12-10-19(11-13-21)14-15(22)20-8-4-1-5-9-20;;/h1-14,18H2;2*1H. The third kappa shape index (κ3) is 5.46. The van der Waals surface area contributed by atoms with Crippen LogP contribution in [0.15, 0.2) is 0 Å². The Hall–Kier alpha value is -0.560. The summed E-state index contributed by atoms with van der Waals surface area (Å²) in [4.78, 5) is 31.0. The SMILES string of the molecule is Cl.Cl.NC1(C(=O)N2CCN(CC(=O)N3CCCCC3)CC2)CCCC1. The van der Waals surface area contributed by atoms with Gasteiger partial charge in [0.25, 0.3) is 0 Å². The molecule has 2 heterocycles. The van der Waals surface area contributed by atoms with E-state index in [0.29, 0.717) is 19.6 Å². The van der Waals surface area contributed by atoms with Gasteiger partial charge in [0.2, 0.25) is 11.8 Å². The Morgan fingerprint density at radius 1 is 0.760 bits per heavy atom. The summed E-state index contributed by atoms with van der Waals surface area (Å²) in [5, 5.41) is 0. The average Bonchev–Trinajstić information content (AvgIpc) is 3.03. The highest BCUT2D eigenvalue weighted by molar-refractivity contribution is 5.86. The molecule has 2 N–H and O–H groups in total. The van der Waals surface area contributed by atoms with Crippen molar-refractivity contribution in [1.29, 1.82) is 0 Å². The van der Waals surface area contributed by atoms with Gasteiger partial charge in [-0.2, -0.15) is 0 Å². The molecule has 0 unspecified atom stereocenters. The fourth-order valence-electron chi connectivity index (χ4n) is 4.08. The quantitative estimate of drug-likeness (QED) is 0.781. The molecule has 3 aliphatic rings. The summed E-state index contributed by atoms with van der Waals surface area (Å²) in [6.45, 7) is 5.27. The lowest BCUT2D eigenvalue weighted by atomic mass is 9.97. The molecule has 146 valence electrons. The Kier molecular flexibility index (Phi) is 8.95. The first-order chi connectivity index (χ1) is 11.1. The van der Waals surface area contributed by atoms with Crippen LogP contribution in [-0.2, 0) is 9.59 Å². The van der Waals surface area contributed by atoms with Gasteiger partial charge in [-0.05, 0) is 32.1 Å². The molecule has 2 saturated heterocycles. The maximum atomic E-state index is 12.6. The minimum atomic E-state index is -0.619. The van der Waals surface area contributed by atoms with Crippen molar-refractivity contribution in [3.63, 3.8) is 0 Å². The second kappa shape index (κ2) is 9.95. The van der Waals surface area contributed by atoms with Crippen molar-refractivity contribution in [2.45, 2.75) is 50.5 Å². The van der Waals surface area contributed by atoms with E-state index in [4.69, 9.17) is 5.73 Å². The van der Waals surface area contributed by atoms with E-state index in [2.05, 4.69) is 4.90 Å². The van der Waals surface area contributed by atoms with Crippen LogP contribution in [0.25, 0.3) is 0 Å². The molecule has 1 aliphatic carbocycles. The molecule has 0 aromatic carbocycles. The van der Waals surface area contributed by atoms with Crippen LogP contribution >= 0.6 is 24.8 Å². The first-order valence-electron chi connectivity index (χ1n) is 9.17. The normalized spacial score (nSPS) is 23.6. The Labute approximate surface area is 163 Å². The predicted octanol–water partition coefficient (Wildman–Crippen LogP) is 1.26. The average molecular weight is 395 g/mol. The molecule has 0 bridgehead atoms. The monoisotopic (exact) mass is 394 g/mol. The Balaban J connectivity index is 0.00000156. The number of hydrogen-bond donors (Lipinski definition) is 1. The van der Waals surface area contributed by atoms with Gasteiger partial charge in [-0.3, -0.25) is 14.5 Å². The largest absolute Gasteiger partial charge is 0.342 e. The van der Waals surface area contributed by atoms with Gasteiger partial charge in [0.05, 0.1) is 12.1 Å². The van der Waals surface area contributed by atoms with Gasteiger partial charge in [-0.15, -0.1) is 24.8 Å². The molecule has 0 atom stereocenters. The summed E-state index contributed by atoms with van der Waals surface area (Å²) >= 11 is 0. The highest BCUT2D eigenvalue weighted by Crippen LogP contribution is 2.29. The molecule has 0 aromatic rings. The minimum Gasteiger partial charge on any atom is -0.342 e. The molecule has 0 spiro atoms. The molecule has 8 heteroatoms. The molecular formula is C17H32Cl2N4O2. The number of piperidine rings is 1. The summed E-state index contributed by atoms with van der Waals surface area (Å²) < 4.78 is 0. The first kappa shape index (κ1) is 22.5. The number of carbonyl (C=O) groups is 2. The molecule has 6 nitrogen and oxygen atoms in total. The lowest BCUT2D eigenvalue weighted by Crippen LogP contribution is -2.59. The number of nitrogens with zero attached hydrogens (tertiary/aromatic N) is 3. The van der Waals surface area contributed by atoms with Gasteiger partial charge in [0, 0.05) is 39.3 Å². The maximum absolute atomic E-state index is 12.6. The Morgan fingerprint density at radius 2 is 1.32 bits per heavy atom. The van der Waals surface area contributed by atoms with Crippen molar-refractivity contribution in [3.05, 3.63) is 0 Å². The van der Waals surface area contributed by atoms with Gasteiger partial charge in [0.15, 0.2) is 0 Å². The number of likely N-dealkylation sites (tertiary alicyclic amines) is 1. The number of halogens is 2. The van der Waals surface area contributed by atoms with Crippen molar-refractivity contribution in [3.8, 4) is 0 Å². The number of hydrogen-bond acceptors (Lipinski definition) is 4. The predicted molar refractivity (Wildman–Crippen MR) is 103 cm³/mol. The number of rotatable bonds is 3. The Morgan fingerprint density at radius 3 is 1.88 bits per heavy atom. The maximum Gasteiger partial charge on any atom is 0.242 e. The fourth-order valence-corrected chi connectivity index (χ4v) is 4.08. The number of piperazine rings is 1. The zero-order chi connectivity index (χ0) is 16.3. The van der Waals surface area contributed by atoms with Gasteiger partial charge >= 0.3 is 0 Å². The second-order valence-electron chi connectivity index (χ2n) is 7.37. The summed E-state index contributed by atoms with van der Waals surface area (Å²) in [7, 11) is 0. The lowest BCUT2D eigenvalue weighted by molar-refractivity contribution is -0.139. The van der Waals surface area contributed by atoms with Crippen LogP contribution in [0.4, 0.5) is 0 Å². The molecule has 25 heavy (non-hydrogen) atoms. The lowest BCUT2D eigenvalue weighted by Gasteiger charge is -2.39. The van der Waals surface area contributed by atoms with E-state index < -0.39 is 5.54 Å². The molecule has 1 saturated carbocycles. The van der Waals surface area contributed by atoms with Gasteiger partial charge in [-0.1, -0.05) is 12.8 Å². The van der Waals surface area contributed by atoms with Crippen LogP contribution < -0.4 is 5.73 Å². The molecular weight excluding hydrogens is 363 g/mol. The van der Waals surface area contributed by atoms with Crippen LogP contribution in [-0.4, -0.2) is 77.9 Å². The van der Waals surface area contributed by atoms with E-state index in [1.807, 2.05) is 9.80 Å². The smallest absolute Gasteiger partial charge is 0.242 e. The third-order valence-electron chi connectivity index (χ3n) is 5.65.